The maximum absolute atomic E-state index is 11.7. The van der Waals surface area contributed by atoms with Gasteiger partial charge in [-0.15, -0.1) is 0 Å². The standard InChI is InChI=1S/C15H25NO2S/c1-5-12(6-2)15(16-7-3)13-9-8-10-14(11-13)19(4,17)18/h8-12,15-16H,5-7H2,1-4H3. The molecule has 4 heteroatoms. The molecule has 0 amide bonds. The molecule has 1 unspecified atom stereocenters. The molecule has 0 aliphatic carbocycles. The van der Waals surface area contributed by atoms with Crippen LogP contribution in [-0.2, 0) is 9.84 Å². The van der Waals surface area contributed by atoms with Gasteiger partial charge in [0.25, 0.3) is 0 Å². The van der Waals surface area contributed by atoms with Crippen molar-refractivity contribution in [3.05, 3.63) is 29.8 Å². The second-order valence-electron chi connectivity index (χ2n) is 4.96. The first kappa shape index (κ1) is 16.2. The van der Waals surface area contributed by atoms with Crippen LogP contribution in [-0.4, -0.2) is 21.2 Å². The maximum Gasteiger partial charge on any atom is 0.175 e. The van der Waals surface area contributed by atoms with Gasteiger partial charge in [-0.2, -0.15) is 0 Å². The summed E-state index contributed by atoms with van der Waals surface area (Å²) in [5, 5.41) is 3.48. The lowest BCUT2D eigenvalue weighted by atomic mass is 9.89. The number of rotatable bonds is 7. The molecule has 0 fully saturated rings. The molecule has 0 radical (unpaired) electrons. The molecule has 1 atom stereocenters. The van der Waals surface area contributed by atoms with E-state index in [1.165, 1.54) is 6.26 Å². The third-order valence-corrected chi connectivity index (χ3v) is 4.70. The summed E-state index contributed by atoms with van der Waals surface area (Å²) < 4.78 is 23.3. The quantitative estimate of drug-likeness (QED) is 0.836. The minimum atomic E-state index is -3.14. The summed E-state index contributed by atoms with van der Waals surface area (Å²) in [7, 11) is -3.14. The summed E-state index contributed by atoms with van der Waals surface area (Å²) in [6.45, 7) is 7.32. The van der Waals surface area contributed by atoms with Crippen molar-refractivity contribution in [1.29, 1.82) is 0 Å². The molecule has 0 aliphatic heterocycles. The van der Waals surface area contributed by atoms with Gasteiger partial charge in [0, 0.05) is 12.3 Å². The molecular formula is C15H25NO2S. The van der Waals surface area contributed by atoms with Crippen LogP contribution >= 0.6 is 0 Å². The highest BCUT2D eigenvalue weighted by Crippen LogP contribution is 2.28. The highest BCUT2D eigenvalue weighted by Gasteiger charge is 2.20. The van der Waals surface area contributed by atoms with Gasteiger partial charge in [0.2, 0.25) is 0 Å². The Kier molecular flexibility index (Phi) is 6.01. The molecular weight excluding hydrogens is 258 g/mol. The fourth-order valence-corrected chi connectivity index (χ4v) is 3.15. The van der Waals surface area contributed by atoms with Gasteiger partial charge in [-0.1, -0.05) is 45.7 Å². The highest BCUT2D eigenvalue weighted by molar-refractivity contribution is 7.90. The van der Waals surface area contributed by atoms with Gasteiger partial charge in [-0.05, 0) is 30.2 Å². The van der Waals surface area contributed by atoms with Gasteiger partial charge >= 0.3 is 0 Å². The van der Waals surface area contributed by atoms with Gasteiger partial charge in [-0.3, -0.25) is 0 Å². The predicted molar refractivity (Wildman–Crippen MR) is 80.0 cm³/mol. The lowest BCUT2D eigenvalue weighted by molar-refractivity contribution is 0.346. The van der Waals surface area contributed by atoms with Gasteiger partial charge in [0.15, 0.2) is 9.84 Å². The minimum Gasteiger partial charge on any atom is -0.310 e. The first-order valence-corrected chi connectivity index (χ1v) is 8.86. The number of hydrogen-bond donors (Lipinski definition) is 1. The second-order valence-corrected chi connectivity index (χ2v) is 6.97. The molecule has 0 aromatic heterocycles. The molecule has 0 saturated carbocycles. The molecule has 1 rings (SSSR count). The van der Waals surface area contributed by atoms with E-state index in [0.717, 1.165) is 24.9 Å². The van der Waals surface area contributed by atoms with E-state index in [-0.39, 0.29) is 6.04 Å². The van der Waals surface area contributed by atoms with Crippen molar-refractivity contribution in [2.24, 2.45) is 5.92 Å². The summed E-state index contributed by atoms with van der Waals surface area (Å²) in [5.74, 6) is 0.523. The zero-order chi connectivity index (χ0) is 14.5. The van der Waals surface area contributed by atoms with Gasteiger partial charge in [0.1, 0.15) is 0 Å². The molecule has 0 saturated heterocycles. The van der Waals surface area contributed by atoms with Gasteiger partial charge in [0.05, 0.1) is 4.90 Å². The lowest BCUT2D eigenvalue weighted by Gasteiger charge is -2.27. The Morgan fingerprint density at radius 3 is 2.26 bits per heavy atom. The number of nitrogens with one attached hydrogen (secondary N) is 1. The Morgan fingerprint density at radius 1 is 1.16 bits per heavy atom. The van der Waals surface area contributed by atoms with Crippen molar-refractivity contribution in [2.45, 2.75) is 44.6 Å². The predicted octanol–water partition coefficient (Wildman–Crippen LogP) is 3.18. The fraction of sp³-hybridized carbons (Fsp3) is 0.600. The average molecular weight is 283 g/mol. The van der Waals surface area contributed by atoms with Crippen molar-refractivity contribution in [1.82, 2.24) is 5.32 Å². The van der Waals surface area contributed by atoms with Crippen LogP contribution in [0.4, 0.5) is 0 Å². The fourth-order valence-electron chi connectivity index (χ4n) is 2.48. The normalized spacial score (nSPS) is 13.7. The zero-order valence-corrected chi connectivity index (χ0v) is 13.1. The molecule has 1 N–H and O–H groups in total. The monoisotopic (exact) mass is 283 g/mol. The minimum absolute atomic E-state index is 0.224. The Morgan fingerprint density at radius 2 is 1.79 bits per heavy atom. The molecule has 19 heavy (non-hydrogen) atoms. The van der Waals surface area contributed by atoms with Crippen LogP contribution in [0.25, 0.3) is 0 Å². The summed E-state index contributed by atoms with van der Waals surface area (Å²) >= 11 is 0. The third kappa shape index (κ3) is 4.32. The van der Waals surface area contributed by atoms with Crippen LogP contribution in [0.1, 0.15) is 45.2 Å². The van der Waals surface area contributed by atoms with E-state index in [1.807, 2.05) is 12.1 Å². The third-order valence-electron chi connectivity index (χ3n) is 3.59. The molecule has 108 valence electrons. The topological polar surface area (TPSA) is 46.2 Å². The Balaban J connectivity index is 3.16. The first-order valence-electron chi connectivity index (χ1n) is 6.97. The SMILES string of the molecule is CCNC(c1cccc(S(C)(=O)=O)c1)C(CC)CC. The Hall–Kier alpha value is -0.870. The number of benzene rings is 1. The summed E-state index contributed by atoms with van der Waals surface area (Å²) in [6, 6.07) is 7.54. The Labute approximate surface area is 117 Å². The van der Waals surface area contributed by atoms with Crippen LogP contribution in [0, 0.1) is 5.92 Å². The largest absolute Gasteiger partial charge is 0.310 e. The van der Waals surface area contributed by atoms with E-state index in [0.29, 0.717) is 10.8 Å². The number of hydrogen-bond acceptors (Lipinski definition) is 3. The van der Waals surface area contributed by atoms with Crippen LogP contribution in [0.5, 0.6) is 0 Å². The van der Waals surface area contributed by atoms with Crippen molar-refractivity contribution in [3.63, 3.8) is 0 Å². The molecule has 0 bridgehead atoms. The molecule has 3 nitrogen and oxygen atoms in total. The number of sulfone groups is 1. The summed E-state index contributed by atoms with van der Waals surface area (Å²) in [6.07, 6.45) is 3.42. The summed E-state index contributed by atoms with van der Waals surface area (Å²) in [4.78, 5) is 0.402. The second kappa shape index (κ2) is 7.06. The van der Waals surface area contributed by atoms with Crippen molar-refractivity contribution < 1.29 is 8.42 Å². The van der Waals surface area contributed by atoms with E-state index in [9.17, 15) is 8.42 Å². The van der Waals surface area contributed by atoms with E-state index in [2.05, 4.69) is 26.1 Å². The van der Waals surface area contributed by atoms with Crippen molar-refractivity contribution >= 4 is 9.84 Å². The van der Waals surface area contributed by atoms with E-state index in [1.54, 1.807) is 12.1 Å². The lowest BCUT2D eigenvalue weighted by Crippen LogP contribution is -2.27. The smallest absolute Gasteiger partial charge is 0.175 e. The van der Waals surface area contributed by atoms with Crippen LogP contribution in [0.2, 0.25) is 0 Å². The van der Waals surface area contributed by atoms with Crippen molar-refractivity contribution in [2.75, 3.05) is 12.8 Å². The van der Waals surface area contributed by atoms with E-state index in [4.69, 9.17) is 0 Å². The van der Waals surface area contributed by atoms with E-state index < -0.39 is 9.84 Å². The van der Waals surface area contributed by atoms with Gasteiger partial charge < -0.3 is 5.32 Å². The summed E-state index contributed by atoms with van der Waals surface area (Å²) in [5.41, 5.74) is 1.07. The molecule has 0 spiro atoms. The molecule has 0 aliphatic rings. The van der Waals surface area contributed by atoms with Crippen LogP contribution in [0.15, 0.2) is 29.2 Å². The highest BCUT2D eigenvalue weighted by atomic mass is 32.2. The Bertz CT molecular complexity index is 493. The van der Waals surface area contributed by atoms with Crippen molar-refractivity contribution in [3.8, 4) is 0 Å². The molecule has 1 aromatic carbocycles. The first-order chi connectivity index (χ1) is 8.93. The molecule has 0 heterocycles. The van der Waals surface area contributed by atoms with Gasteiger partial charge in [-0.25, -0.2) is 8.42 Å². The average Bonchev–Trinajstić information content (AvgIpc) is 2.38. The maximum atomic E-state index is 11.7. The van der Waals surface area contributed by atoms with E-state index >= 15 is 0 Å². The van der Waals surface area contributed by atoms with Crippen LogP contribution in [0.3, 0.4) is 0 Å². The van der Waals surface area contributed by atoms with Crippen LogP contribution < -0.4 is 5.32 Å². The molecule has 1 aromatic rings. The zero-order valence-electron chi connectivity index (χ0n) is 12.3.